The van der Waals surface area contributed by atoms with Crippen LogP contribution in [0, 0.1) is 41.4 Å². The van der Waals surface area contributed by atoms with Gasteiger partial charge < -0.3 is 78.7 Å². The molecule has 0 aliphatic carbocycles. The molecule has 12 atom stereocenters. The Bertz CT molecular complexity index is 4300. The number of aliphatic carboxylic acids is 2. The maximum Gasteiger partial charge on any atom is 0.309 e. The molecule has 0 saturated heterocycles. The van der Waals surface area contributed by atoms with Gasteiger partial charge in [0.2, 0.25) is 35.4 Å². The molecule has 0 radical (unpaired) electrons. The highest BCUT2D eigenvalue weighted by Crippen LogP contribution is 2.41. The fourth-order valence-corrected chi connectivity index (χ4v) is 15.7. The number of aromatic hydroxyl groups is 2. The number of ketones is 3. The number of aliphatic hydroxyl groups excluding tert-OH is 2. The van der Waals surface area contributed by atoms with Gasteiger partial charge >= 0.3 is 11.9 Å². The molecule has 0 saturated carbocycles. The zero-order valence-electron chi connectivity index (χ0n) is 73.3. The third-order valence-corrected chi connectivity index (χ3v) is 22.6. The van der Waals surface area contributed by atoms with Crippen LogP contribution < -0.4 is 48.7 Å². The van der Waals surface area contributed by atoms with Gasteiger partial charge in [0, 0.05) is 74.4 Å². The number of rotatable bonds is 60. The van der Waals surface area contributed by atoms with E-state index in [0.29, 0.717) is 54.7 Å². The van der Waals surface area contributed by atoms with Crippen LogP contribution in [0.1, 0.15) is 184 Å². The second-order valence-electron chi connectivity index (χ2n) is 33.9. The van der Waals surface area contributed by atoms with Crippen LogP contribution in [-0.2, 0) is 81.6 Å². The molecular formula is C95H132N10O19S. The Labute approximate surface area is 738 Å². The molecule has 17 N–H and O–H groups in total. The summed E-state index contributed by atoms with van der Waals surface area (Å²) in [5, 5.41) is 83.0. The number of phenols is 2. The Hall–Kier alpha value is -10.3. The van der Waals surface area contributed by atoms with E-state index in [9.17, 15) is 78.6 Å². The highest BCUT2D eigenvalue weighted by atomic mass is 32.2. The molecule has 30 heteroatoms. The van der Waals surface area contributed by atoms with Crippen molar-refractivity contribution in [3.05, 3.63) is 203 Å². The Balaban J connectivity index is 1.02. The maximum absolute atomic E-state index is 15.1. The number of carbonyl (C=O) groups excluding carboxylic acids is 9. The zero-order valence-corrected chi connectivity index (χ0v) is 74.1. The predicted octanol–water partition coefficient (Wildman–Crippen LogP) is 9.09. The number of phenolic OH excluding ortho intramolecular Hbond substituents is 2. The summed E-state index contributed by atoms with van der Waals surface area (Å²) in [4.78, 5) is 160. The van der Waals surface area contributed by atoms with E-state index in [4.69, 9.17) is 21.0 Å². The number of hydrogen-bond donors (Lipinski definition) is 15. The first-order valence-electron chi connectivity index (χ1n) is 43.2. The molecule has 0 spiro atoms. The van der Waals surface area contributed by atoms with Crippen LogP contribution in [0.25, 0.3) is 0 Å². The van der Waals surface area contributed by atoms with Gasteiger partial charge in [-0.3, -0.25) is 62.9 Å². The molecule has 0 bridgehead atoms. The van der Waals surface area contributed by atoms with Crippen LogP contribution in [0.2, 0.25) is 0 Å². The quantitative estimate of drug-likeness (QED) is 0.00961. The van der Waals surface area contributed by atoms with E-state index in [2.05, 4.69) is 63.2 Å². The van der Waals surface area contributed by atoms with Crippen molar-refractivity contribution >= 4 is 76.5 Å². The zero-order chi connectivity index (χ0) is 91.5. The number of unbranched alkanes of at least 4 members (excludes halogenated alkanes) is 1. The largest absolute Gasteiger partial charge is 0.508 e. The molecule has 0 aliphatic heterocycles. The summed E-state index contributed by atoms with van der Waals surface area (Å²) in [7, 11) is 0. The second-order valence-corrected chi connectivity index (χ2v) is 35.0. The number of nitrogens with zero attached hydrogens (tertiary/aromatic N) is 1. The number of hydrogen-bond acceptors (Lipinski definition) is 22. The highest BCUT2D eigenvalue weighted by Gasteiger charge is 2.40. The SMILES string of the molecule is CC(C)CC(CC(=O)C(Cc1ccc(O)cc1)NC(=O)C(CC(=O)C(Cc1ccccc1)NC(=O)C(CO)NC(=O)CSCCC(=O)NCCCCOCCNC(=O)C(CC(CC(ON(C(c1ccccc1)C(C)C)C(C)(C)C)c1ccc(O)cc1)C(=O)O)CC(C)c1ccccc1)Cc1ccccc1)C(=O)NC(CCCNC(N)N)C(=O)CC(CO)C(=O)O. The van der Waals surface area contributed by atoms with Crippen molar-refractivity contribution in [2.45, 2.75) is 206 Å². The lowest BCUT2D eigenvalue weighted by molar-refractivity contribution is -0.279. The first-order valence-corrected chi connectivity index (χ1v) is 44.4. The normalized spacial score (nSPS) is 14.6. The van der Waals surface area contributed by atoms with E-state index in [1.807, 2.05) is 95.1 Å². The van der Waals surface area contributed by atoms with E-state index in [-0.39, 0.29) is 136 Å². The minimum absolute atomic E-state index is 0.0149. The van der Waals surface area contributed by atoms with Gasteiger partial charge in [0.15, 0.2) is 17.3 Å². The number of aliphatic hydroxyl groups is 2. The molecule has 0 fully saturated rings. The van der Waals surface area contributed by atoms with E-state index in [0.717, 1.165) is 22.9 Å². The van der Waals surface area contributed by atoms with Crippen LogP contribution in [-0.4, -0.2) is 194 Å². The molecule has 0 aromatic heterocycles. The number of nitrogens with two attached hydrogens (primary N) is 2. The predicted molar refractivity (Wildman–Crippen MR) is 479 cm³/mol. The first kappa shape index (κ1) is 104. The van der Waals surface area contributed by atoms with Crippen LogP contribution in [0.3, 0.4) is 0 Å². The number of hydroxylamine groups is 2. The molecule has 29 nitrogen and oxygen atoms in total. The summed E-state index contributed by atoms with van der Waals surface area (Å²) in [6.45, 7) is 15.6. The lowest BCUT2D eigenvalue weighted by Crippen LogP contribution is -2.54. The van der Waals surface area contributed by atoms with Crippen molar-refractivity contribution in [3.63, 3.8) is 0 Å². The molecule has 682 valence electrons. The summed E-state index contributed by atoms with van der Waals surface area (Å²) in [6, 6.07) is 44.1. The van der Waals surface area contributed by atoms with E-state index >= 15 is 4.79 Å². The van der Waals surface area contributed by atoms with Gasteiger partial charge in [-0.15, -0.1) is 0 Å². The molecule has 6 aromatic rings. The van der Waals surface area contributed by atoms with Crippen LogP contribution >= 0.6 is 11.8 Å². The number of thioether (sulfide) groups is 1. The maximum atomic E-state index is 15.1. The fourth-order valence-electron chi connectivity index (χ4n) is 14.9. The molecule has 125 heavy (non-hydrogen) atoms. The van der Waals surface area contributed by atoms with Crippen molar-refractivity contribution < 1.29 is 93.0 Å². The van der Waals surface area contributed by atoms with E-state index in [1.54, 1.807) is 97.1 Å². The summed E-state index contributed by atoms with van der Waals surface area (Å²) in [5.74, 6) is -13.5. The third kappa shape index (κ3) is 37.8. The molecule has 0 aliphatic rings. The summed E-state index contributed by atoms with van der Waals surface area (Å²) < 4.78 is 5.90. The standard InChI is InChI=1S/C95H132N10O19S/c1-61(2)48-70(89(116)102-77(32-23-43-100-94(96)97)81(110)56-74(58-106)93(121)122)54-82(111)78(52-66-33-37-75(108)38-34-66)103-90(117)72(50-64-24-13-9-14-25-64)55-83(112)79(51-65-26-15-10-16-27-65)104-91(118)80(59-107)101-86(114)60-125-47-41-85(113)98-42-21-22-45-123-46-44-99-88(115)71(49-63(5)67-28-17-11-18-29-67)53-73(92(119)120)57-84(68-35-39-76(109)40-36-68)124-105(95(6,7)8)87(62(3)4)69-30-19-12-20-31-69/h9-20,24-31,33-40,61-63,70-74,77-80,84,87,94,100,106-109H,21-23,32,41-60,96-97H2,1-8H3,(H,98,113)(H,99,115)(H,101,114)(H,102,116)(H,103,117)(H,104,118)(H,119,120)(H,121,122). The van der Waals surface area contributed by atoms with Gasteiger partial charge in [0.1, 0.15) is 29.9 Å². The average Bonchev–Trinajstić information content (AvgIpc) is 0.803. The van der Waals surface area contributed by atoms with E-state index < -0.39 is 157 Å². The fraction of sp³-hybridized carbons (Fsp3) is 0.505. The minimum atomic E-state index is -1.54. The van der Waals surface area contributed by atoms with Crippen molar-refractivity contribution in [2.75, 3.05) is 57.6 Å². The molecule has 6 rings (SSSR count). The number of benzene rings is 6. The molecule has 0 heterocycles. The summed E-state index contributed by atoms with van der Waals surface area (Å²) in [6.07, 6.45) is -1.43. The van der Waals surface area contributed by atoms with E-state index in [1.165, 1.54) is 12.1 Å². The molecule has 6 amide bonds. The number of Topliss-reactive ketones (excluding diaryl/α,β-unsaturated/α-hetero) is 3. The number of amides is 6. The summed E-state index contributed by atoms with van der Waals surface area (Å²) in [5.41, 5.74) is 15.2. The Morgan fingerprint density at radius 1 is 0.456 bits per heavy atom. The smallest absolute Gasteiger partial charge is 0.309 e. The van der Waals surface area contributed by atoms with Crippen LogP contribution in [0.5, 0.6) is 11.5 Å². The second kappa shape index (κ2) is 54.6. The Kier molecular flexibility index (Phi) is 45.2. The van der Waals surface area contributed by atoms with Crippen LogP contribution in [0.15, 0.2) is 170 Å². The van der Waals surface area contributed by atoms with Crippen molar-refractivity contribution in [1.82, 2.24) is 42.3 Å². The topological polar surface area (TPSA) is 467 Å². The number of nitrogens with one attached hydrogen (secondary N) is 7. The Morgan fingerprint density at radius 2 is 0.968 bits per heavy atom. The number of carbonyl (C=O) groups is 11. The molecular weight excluding hydrogens is 1620 g/mol. The van der Waals surface area contributed by atoms with Gasteiger partial charge in [-0.25, -0.2) is 0 Å². The third-order valence-electron chi connectivity index (χ3n) is 21.7. The molecule has 12 unspecified atom stereocenters. The van der Waals surface area contributed by atoms with Crippen LogP contribution in [0.4, 0.5) is 0 Å². The van der Waals surface area contributed by atoms with Crippen molar-refractivity contribution in [3.8, 4) is 11.5 Å². The lowest BCUT2D eigenvalue weighted by Gasteiger charge is -2.44. The monoisotopic (exact) mass is 1750 g/mol. The number of ether oxygens (including phenoxy) is 1. The van der Waals surface area contributed by atoms with Gasteiger partial charge in [-0.1, -0.05) is 180 Å². The average molecular weight is 1750 g/mol. The highest BCUT2D eigenvalue weighted by molar-refractivity contribution is 7.99. The minimum Gasteiger partial charge on any atom is -0.508 e. The Morgan fingerprint density at radius 3 is 1.51 bits per heavy atom. The number of carboxylic acid groups (broad SMARTS) is 2. The first-order chi connectivity index (χ1) is 59.6. The van der Waals surface area contributed by atoms with Gasteiger partial charge in [-0.2, -0.15) is 16.8 Å². The lowest BCUT2D eigenvalue weighted by atomic mass is 9.82. The van der Waals surface area contributed by atoms with Crippen molar-refractivity contribution in [2.24, 2.45) is 52.9 Å². The van der Waals surface area contributed by atoms with Gasteiger partial charge in [0.25, 0.3) is 0 Å². The van der Waals surface area contributed by atoms with Gasteiger partial charge in [-0.05, 0) is 173 Å². The summed E-state index contributed by atoms with van der Waals surface area (Å²) >= 11 is 1.12. The molecule has 6 aromatic carbocycles. The van der Waals surface area contributed by atoms with Crippen molar-refractivity contribution in [1.29, 1.82) is 0 Å². The van der Waals surface area contributed by atoms with Gasteiger partial charge in [0.05, 0.1) is 61.6 Å². The number of carboxylic acids is 2.